The van der Waals surface area contributed by atoms with E-state index in [4.69, 9.17) is 0 Å². The molecule has 0 spiro atoms. The Balaban J connectivity index is -0.000000490. The molecule has 3 aromatic rings. The maximum absolute atomic E-state index is 3.36. The predicted octanol–water partition coefficient (Wildman–Crippen LogP) is 8.93. The number of hydrogen-bond donors (Lipinski definition) is 0. The number of aryl methyl sites for hydroxylation is 2. The summed E-state index contributed by atoms with van der Waals surface area (Å²) in [6, 6.07) is 19.7. The summed E-state index contributed by atoms with van der Waals surface area (Å²) in [6.45, 7) is 16.1. The van der Waals surface area contributed by atoms with Crippen LogP contribution in [0.4, 0.5) is 0 Å². The molecule has 0 aromatic heterocycles. The third-order valence-corrected chi connectivity index (χ3v) is 5.73. The fourth-order valence-electron chi connectivity index (χ4n) is 3.47. The molecule has 0 saturated carbocycles. The van der Waals surface area contributed by atoms with Crippen molar-refractivity contribution in [2.75, 3.05) is 0 Å². The minimum atomic E-state index is 0. The van der Waals surface area contributed by atoms with E-state index >= 15 is 0 Å². The van der Waals surface area contributed by atoms with E-state index in [1.165, 1.54) is 73.1 Å². The molecule has 32 heavy (non-hydrogen) atoms. The summed E-state index contributed by atoms with van der Waals surface area (Å²) in [5, 5.41) is 2.66. The van der Waals surface area contributed by atoms with Gasteiger partial charge in [-0.25, -0.2) is 5.57 Å². The molecular formula is C28H36Cl2SiZr-4. The summed E-state index contributed by atoms with van der Waals surface area (Å²) in [5.41, 5.74) is 9.60. The van der Waals surface area contributed by atoms with Gasteiger partial charge in [-0.1, -0.05) is 56.5 Å². The molecule has 1 unspecified atom stereocenters. The van der Waals surface area contributed by atoms with Gasteiger partial charge in [-0.2, -0.15) is 11.1 Å². The molecule has 2 radical (unpaired) electrons. The first-order valence-corrected chi connectivity index (χ1v) is 13.8. The standard InChI is InChI=1S/C17H15.C9H13.2CH3.2ClH.Si.Zr/c1-12-7-8-15(11-13(12)2)17-10-9-14-5-3-4-6-16(14)17;1-6-5-7(2)9(4)8(6)3;;;;;;/h3-11H,1-2H3;6H,1-4H3;2*1H3;2*1H;;/q4*-1;;;;. The van der Waals surface area contributed by atoms with Crippen molar-refractivity contribution in [1.82, 2.24) is 0 Å². The molecule has 1 aliphatic rings. The van der Waals surface area contributed by atoms with Gasteiger partial charge in [0.05, 0.1) is 0 Å². The first-order chi connectivity index (χ1) is 13.4. The van der Waals surface area contributed by atoms with Gasteiger partial charge in [0.25, 0.3) is 0 Å². The molecule has 0 nitrogen and oxygen atoms in total. The number of fused-ring (bicyclic) bond motifs is 1. The Kier molecular flexibility index (Phi) is 18.8. The normalized spacial score (nSPS) is 13.5. The van der Waals surface area contributed by atoms with Crippen molar-refractivity contribution in [2.45, 2.75) is 41.5 Å². The van der Waals surface area contributed by atoms with Gasteiger partial charge in [0.2, 0.25) is 0 Å². The molecule has 4 heteroatoms. The van der Waals surface area contributed by atoms with Gasteiger partial charge < -0.3 is 14.9 Å². The Bertz CT molecular complexity index is 1030. The van der Waals surface area contributed by atoms with Crippen LogP contribution < -0.4 is 0 Å². The van der Waals surface area contributed by atoms with Crippen LogP contribution in [0.1, 0.15) is 38.8 Å². The SMILES string of the molecule is CC1=[C-]C(C)C(C)=C1C.Cc1ccc(-c2c[cH-]c3ccccc23)cc1C.Cl.Cl.[CH3-].[CH3-].[Si]=[Zr]. The Morgan fingerprint density at radius 3 is 1.94 bits per heavy atom. The van der Waals surface area contributed by atoms with Gasteiger partial charge in [-0.15, -0.1) is 78.4 Å². The summed E-state index contributed by atoms with van der Waals surface area (Å²) in [4.78, 5) is 0. The van der Waals surface area contributed by atoms with E-state index in [2.05, 4.69) is 109 Å². The van der Waals surface area contributed by atoms with Crippen molar-refractivity contribution in [3.05, 3.63) is 103 Å². The van der Waals surface area contributed by atoms with Crippen LogP contribution in [0.2, 0.25) is 0 Å². The third kappa shape index (κ3) is 8.53. The number of benzene rings is 2. The molecule has 0 N–H and O–H groups in total. The summed E-state index contributed by atoms with van der Waals surface area (Å²) < 4.78 is 0. The molecule has 0 bridgehead atoms. The Morgan fingerprint density at radius 1 is 0.875 bits per heavy atom. The Labute approximate surface area is 226 Å². The average Bonchev–Trinajstić information content (AvgIpc) is 3.23. The summed E-state index contributed by atoms with van der Waals surface area (Å²) in [7, 11) is 0. The molecule has 0 aliphatic heterocycles. The second kappa shape index (κ2) is 16.8. The van der Waals surface area contributed by atoms with E-state index < -0.39 is 0 Å². The predicted molar refractivity (Wildman–Crippen MR) is 147 cm³/mol. The molecular weight excluding hydrogens is 527 g/mol. The van der Waals surface area contributed by atoms with E-state index in [9.17, 15) is 0 Å². The van der Waals surface area contributed by atoms with E-state index in [0.29, 0.717) is 5.92 Å². The summed E-state index contributed by atoms with van der Waals surface area (Å²) in [6.07, 6.45) is 3.36. The first-order valence-electron chi connectivity index (χ1n) is 9.63. The average molecular weight is 563 g/mol. The van der Waals surface area contributed by atoms with Crippen LogP contribution in [-0.4, -0.2) is 6.88 Å². The molecule has 0 saturated heterocycles. The Morgan fingerprint density at radius 2 is 1.47 bits per heavy atom. The van der Waals surface area contributed by atoms with E-state index in [1.807, 2.05) is 0 Å². The second-order valence-electron chi connectivity index (χ2n) is 7.43. The molecule has 0 heterocycles. The Hall–Kier alpha value is -0.790. The van der Waals surface area contributed by atoms with Gasteiger partial charge in [-0.3, -0.25) is 6.08 Å². The number of allylic oxidation sites excluding steroid dienone is 4. The fraction of sp³-hybridized carbons (Fsp3) is 0.250. The second-order valence-corrected chi connectivity index (χ2v) is 7.43. The quantitative estimate of drug-likeness (QED) is 0.205. The molecule has 1 atom stereocenters. The molecule has 3 aromatic carbocycles. The van der Waals surface area contributed by atoms with Crippen LogP contribution in [0.5, 0.6) is 0 Å². The van der Waals surface area contributed by atoms with Crippen molar-refractivity contribution < 1.29 is 23.3 Å². The van der Waals surface area contributed by atoms with E-state index in [-0.39, 0.29) is 39.7 Å². The summed E-state index contributed by atoms with van der Waals surface area (Å²) in [5.74, 6) is 0.560. The molecule has 1 aliphatic carbocycles. The van der Waals surface area contributed by atoms with Crippen molar-refractivity contribution >= 4 is 42.5 Å². The number of halogens is 2. The van der Waals surface area contributed by atoms with Crippen molar-refractivity contribution in [3.63, 3.8) is 0 Å². The molecule has 0 amide bonds. The fourth-order valence-corrected chi connectivity index (χ4v) is 3.47. The van der Waals surface area contributed by atoms with Crippen LogP contribution in [0, 0.1) is 40.7 Å². The van der Waals surface area contributed by atoms with Crippen molar-refractivity contribution in [2.24, 2.45) is 5.92 Å². The van der Waals surface area contributed by atoms with Gasteiger partial charge in [0.15, 0.2) is 0 Å². The van der Waals surface area contributed by atoms with Crippen molar-refractivity contribution in [3.8, 4) is 11.1 Å². The zero-order valence-electron chi connectivity index (χ0n) is 20.6. The summed E-state index contributed by atoms with van der Waals surface area (Å²) >= 11 is 1.36. The van der Waals surface area contributed by atoms with Gasteiger partial charge in [-0.05, 0) is 25.0 Å². The van der Waals surface area contributed by atoms with Crippen LogP contribution in [0.25, 0.3) is 21.9 Å². The van der Waals surface area contributed by atoms with Crippen LogP contribution in [0.3, 0.4) is 0 Å². The molecule has 4 rings (SSSR count). The topological polar surface area (TPSA) is 0 Å². The molecule has 174 valence electrons. The number of rotatable bonds is 1. The first kappa shape index (κ1) is 35.8. The van der Waals surface area contributed by atoms with Crippen LogP contribution in [-0.2, 0) is 23.3 Å². The zero-order chi connectivity index (χ0) is 20.8. The minimum absolute atomic E-state index is 0. The number of hydrogen-bond acceptors (Lipinski definition) is 0. The van der Waals surface area contributed by atoms with Crippen LogP contribution in [0.15, 0.2) is 71.3 Å². The van der Waals surface area contributed by atoms with Gasteiger partial charge in [0, 0.05) is 0 Å². The van der Waals surface area contributed by atoms with E-state index in [0.717, 1.165) is 0 Å². The monoisotopic (exact) mass is 560 g/mol. The zero-order valence-corrected chi connectivity index (χ0v) is 25.7. The van der Waals surface area contributed by atoms with Crippen molar-refractivity contribution in [1.29, 1.82) is 0 Å². The van der Waals surface area contributed by atoms with Gasteiger partial charge in [0.1, 0.15) is 0 Å². The van der Waals surface area contributed by atoms with E-state index in [1.54, 1.807) is 0 Å². The molecule has 0 fully saturated rings. The maximum atomic E-state index is 3.36. The van der Waals surface area contributed by atoms with Gasteiger partial charge >= 0.3 is 30.2 Å². The van der Waals surface area contributed by atoms with Crippen LogP contribution >= 0.6 is 24.8 Å². The third-order valence-electron chi connectivity index (χ3n) is 5.73.